The van der Waals surface area contributed by atoms with Gasteiger partial charge in [-0.15, -0.1) is 11.8 Å². The Morgan fingerprint density at radius 1 is 1.06 bits per heavy atom. The number of ketones is 1. The van der Waals surface area contributed by atoms with Crippen LogP contribution in [0.2, 0.25) is 0 Å². The summed E-state index contributed by atoms with van der Waals surface area (Å²) < 4.78 is 6.51. The second kappa shape index (κ2) is 8.11. The molecule has 0 radical (unpaired) electrons. The van der Waals surface area contributed by atoms with Crippen LogP contribution in [0.1, 0.15) is 35.6 Å². The van der Waals surface area contributed by atoms with Crippen molar-refractivity contribution in [3.63, 3.8) is 0 Å². The number of nitrogens with zero attached hydrogens (tertiary/aromatic N) is 3. The molecule has 7 nitrogen and oxygen atoms in total. The molecule has 5 aliphatic rings. The largest absolute Gasteiger partial charge is 0.493 e. The Morgan fingerprint density at radius 2 is 1.94 bits per heavy atom. The van der Waals surface area contributed by atoms with E-state index in [9.17, 15) is 14.7 Å². The Bertz CT molecular complexity index is 1250. The molecular formula is C27H27N3O4S. The fourth-order valence-electron chi connectivity index (χ4n) is 6.03. The standard InChI is InChI=1S/C27H27N3O4S/c31-20-9-11-29-25(26(20)32)27(33)28-10-8-16-12-18(16)13-34-21-6-3-4-17-14-35-22-7-2-1-5-19(22)24(23(17)21)30(29)15-28/h1-7,9,11,16,18,24-26,32H,8,10,12-15H2/t16-,18+,24+,25?,26?/m0/s1. The third-order valence-electron chi connectivity index (χ3n) is 8.06. The summed E-state index contributed by atoms with van der Waals surface area (Å²) in [4.78, 5) is 29.1. The molecule has 180 valence electrons. The molecule has 2 aromatic rings. The van der Waals surface area contributed by atoms with Crippen molar-refractivity contribution in [3.8, 4) is 5.75 Å². The molecule has 2 bridgehead atoms. The number of hydrogen-bond donors (Lipinski definition) is 1. The van der Waals surface area contributed by atoms with Gasteiger partial charge in [-0.3, -0.25) is 14.6 Å². The number of aliphatic hydroxyl groups is 1. The van der Waals surface area contributed by atoms with E-state index in [1.165, 1.54) is 16.5 Å². The van der Waals surface area contributed by atoms with E-state index in [1.807, 2.05) is 22.7 Å². The molecule has 1 N–H and O–H groups in total. The second-order valence-electron chi connectivity index (χ2n) is 10.1. The molecule has 7 rings (SSSR count). The number of carbonyl (C=O) groups is 2. The third-order valence-corrected chi connectivity index (χ3v) is 9.20. The van der Waals surface area contributed by atoms with Crippen molar-refractivity contribution in [2.75, 3.05) is 19.8 Å². The normalized spacial score (nSPS) is 33.2. The number of hydrazine groups is 1. The van der Waals surface area contributed by atoms with Gasteiger partial charge in [-0.05, 0) is 47.9 Å². The minimum atomic E-state index is -1.39. The fourth-order valence-corrected chi connectivity index (χ4v) is 7.12. The van der Waals surface area contributed by atoms with Crippen molar-refractivity contribution in [1.29, 1.82) is 0 Å². The summed E-state index contributed by atoms with van der Waals surface area (Å²) in [5.41, 5.74) is 3.45. The van der Waals surface area contributed by atoms with Crippen molar-refractivity contribution in [1.82, 2.24) is 14.9 Å². The van der Waals surface area contributed by atoms with E-state index in [0.29, 0.717) is 31.7 Å². The molecule has 3 unspecified atom stereocenters. The van der Waals surface area contributed by atoms with Gasteiger partial charge in [-0.1, -0.05) is 30.3 Å². The first-order valence-electron chi connectivity index (χ1n) is 12.3. The van der Waals surface area contributed by atoms with E-state index in [4.69, 9.17) is 4.74 Å². The Hall–Kier alpha value is -2.81. The van der Waals surface area contributed by atoms with Gasteiger partial charge in [-0.25, -0.2) is 0 Å². The first-order chi connectivity index (χ1) is 17.1. The van der Waals surface area contributed by atoms with Gasteiger partial charge >= 0.3 is 0 Å². The SMILES string of the molecule is O=C1C=CN2C(C(=O)N3CC[C@H]4C[C@@H]4COc4cccc5c4[C@@H](c4ccccc4SC5)N2C3)C1O. The number of aliphatic hydroxyl groups excluding tert-OH is 1. The van der Waals surface area contributed by atoms with Gasteiger partial charge in [0.25, 0.3) is 5.91 Å². The lowest BCUT2D eigenvalue weighted by Crippen LogP contribution is -2.68. The molecule has 0 aromatic heterocycles. The molecule has 1 saturated carbocycles. The van der Waals surface area contributed by atoms with Crippen LogP contribution in [0.3, 0.4) is 0 Å². The van der Waals surface area contributed by atoms with Gasteiger partial charge in [0.2, 0.25) is 0 Å². The van der Waals surface area contributed by atoms with Gasteiger partial charge in [0.15, 0.2) is 11.8 Å². The minimum Gasteiger partial charge on any atom is -0.493 e. The van der Waals surface area contributed by atoms with Crippen LogP contribution in [0, 0.1) is 11.8 Å². The number of amides is 1. The van der Waals surface area contributed by atoms with Crippen LogP contribution in [0.25, 0.3) is 0 Å². The molecule has 4 heterocycles. The van der Waals surface area contributed by atoms with Crippen LogP contribution in [0.15, 0.2) is 59.6 Å². The summed E-state index contributed by atoms with van der Waals surface area (Å²) >= 11 is 1.81. The first-order valence-corrected chi connectivity index (χ1v) is 13.3. The Morgan fingerprint density at radius 3 is 2.86 bits per heavy atom. The van der Waals surface area contributed by atoms with Crippen LogP contribution in [0.5, 0.6) is 5.75 Å². The zero-order valence-corrected chi connectivity index (χ0v) is 20.1. The van der Waals surface area contributed by atoms with E-state index < -0.39 is 17.9 Å². The highest BCUT2D eigenvalue weighted by Crippen LogP contribution is 2.49. The topological polar surface area (TPSA) is 73.3 Å². The summed E-state index contributed by atoms with van der Waals surface area (Å²) in [6.45, 7) is 1.69. The van der Waals surface area contributed by atoms with Gasteiger partial charge in [-0.2, -0.15) is 5.01 Å². The molecular weight excluding hydrogens is 462 g/mol. The van der Waals surface area contributed by atoms with Gasteiger partial charge in [0.05, 0.1) is 19.3 Å². The number of hydrogen-bond acceptors (Lipinski definition) is 7. The van der Waals surface area contributed by atoms with Crippen molar-refractivity contribution in [2.24, 2.45) is 11.8 Å². The maximum absolute atomic E-state index is 13.6. The number of benzene rings is 2. The van der Waals surface area contributed by atoms with Crippen LogP contribution in [-0.2, 0) is 15.3 Å². The van der Waals surface area contributed by atoms with Crippen molar-refractivity contribution >= 4 is 23.5 Å². The molecule has 6 atom stereocenters. The van der Waals surface area contributed by atoms with Crippen LogP contribution < -0.4 is 4.74 Å². The summed E-state index contributed by atoms with van der Waals surface area (Å²) in [5, 5.41) is 14.8. The average Bonchev–Trinajstić information content (AvgIpc) is 3.65. The first kappa shape index (κ1) is 21.5. The van der Waals surface area contributed by atoms with Crippen molar-refractivity contribution < 1.29 is 19.4 Å². The molecule has 1 saturated heterocycles. The Balaban J connectivity index is 1.45. The van der Waals surface area contributed by atoms with E-state index >= 15 is 0 Å². The summed E-state index contributed by atoms with van der Waals surface area (Å²) in [6, 6.07) is 13.5. The van der Waals surface area contributed by atoms with Crippen molar-refractivity contribution in [3.05, 3.63) is 71.4 Å². The molecule has 0 spiro atoms. The molecule has 4 aliphatic heterocycles. The maximum Gasteiger partial charge on any atom is 0.251 e. The molecule has 2 fully saturated rings. The Kier molecular flexibility index (Phi) is 4.98. The summed E-state index contributed by atoms with van der Waals surface area (Å²) in [7, 11) is 0. The molecule has 1 aliphatic carbocycles. The lowest BCUT2D eigenvalue weighted by molar-refractivity contribution is -0.185. The summed E-state index contributed by atoms with van der Waals surface area (Å²) in [6.07, 6.45) is 3.68. The average molecular weight is 490 g/mol. The van der Waals surface area contributed by atoms with Gasteiger partial charge in [0.1, 0.15) is 11.9 Å². The van der Waals surface area contributed by atoms with Gasteiger partial charge < -0.3 is 14.7 Å². The van der Waals surface area contributed by atoms with E-state index in [-0.39, 0.29) is 11.9 Å². The highest BCUT2D eigenvalue weighted by Gasteiger charge is 2.50. The van der Waals surface area contributed by atoms with Crippen LogP contribution in [0.4, 0.5) is 0 Å². The number of thioether (sulfide) groups is 1. The minimum absolute atomic E-state index is 0.179. The van der Waals surface area contributed by atoms with E-state index in [0.717, 1.165) is 35.5 Å². The lowest BCUT2D eigenvalue weighted by atomic mass is 9.92. The number of ether oxygens (including phenoxy) is 1. The molecule has 8 heteroatoms. The quantitative estimate of drug-likeness (QED) is 0.610. The fraction of sp³-hybridized carbons (Fsp3) is 0.407. The van der Waals surface area contributed by atoms with Gasteiger partial charge in [0, 0.05) is 35.0 Å². The zero-order chi connectivity index (χ0) is 23.7. The summed E-state index contributed by atoms with van der Waals surface area (Å²) in [5.74, 6) is 2.15. The highest BCUT2D eigenvalue weighted by atomic mass is 32.2. The highest BCUT2D eigenvalue weighted by molar-refractivity contribution is 7.98. The predicted molar refractivity (Wildman–Crippen MR) is 130 cm³/mol. The number of fused-ring (bicyclic) bond motifs is 8. The third kappa shape index (κ3) is 3.42. The maximum atomic E-state index is 13.6. The van der Waals surface area contributed by atoms with Crippen LogP contribution in [-0.4, -0.2) is 63.7 Å². The number of carbonyl (C=O) groups excluding carboxylic acids is 2. The molecule has 2 aromatic carbocycles. The zero-order valence-electron chi connectivity index (χ0n) is 19.2. The number of rotatable bonds is 0. The van der Waals surface area contributed by atoms with E-state index in [1.54, 1.807) is 11.2 Å². The smallest absolute Gasteiger partial charge is 0.251 e. The Labute approximate surface area is 208 Å². The van der Waals surface area contributed by atoms with Crippen LogP contribution >= 0.6 is 11.8 Å². The second-order valence-corrected chi connectivity index (χ2v) is 11.1. The van der Waals surface area contributed by atoms with Crippen molar-refractivity contribution in [2.45, 2.75) is 41.7 Å². The molecule has 35 heavy (non-hydrogen) atoms. The van der Waals surface area contributed by atoms with E-state index in [2.05, 4.69) is 41.4 Å². The lowest BCUT2D eigenvalue weighted by Gasteiger charge is -2.52. The monoisotopic (exact) mass is 489 g/mol. The molecule has 1 amide bonds. The predicted octanol–water partition coefficient (Wildman–Crippen LogP) is 2.94.